The third-order valence-corrected chi connectivity index (χ3v) is 7.87. The average Bonchev–Trinajstić information content (AvgIpc) is 2.59. The standard InChI is InChI=1S/C23H50OSi/c1-5-7-8-9-10-11-12-13-14-15-16-17-18-19-20-21-23-25(3,4)24-22-6-2/h5-23H2,1-4H3. The summed E-state index contributed by atoms with van der Waals surface area (Å²) in [5, 5.41) is 0. The quantitative estimate of drug-likeness (QED) is 0.153. The molecule has 0 saturated carbocycles. The molecule has 0 spiro atoms. The molecule has 0 amide bonds. The molecule has 0 atom stereocenters. The van der Waals surface area contributed by atoms with Crippen LogP contribution >= 0.6 is 0 Å². The Balaban J connectivity index is 3.14. The van der Waals surface area contributed by atoms with Crippen LogP contribution in [-0.4, -0.2) is 14.9 Å². The molecule has 0 unspecified atom stereocenters. The molecule has 0 aromatic rings. The number of hydrogen-bond donors (Lipinski definition) is 0. The lowest BCUT2D eigenvalue weighted by Gasteiger charge is -2.22. The van der Waals surface area contributed by atoms with Gasteiger partial charge in [0.1, 0.15) is 0 Å². The summed E-state index contributed by atoms with van der Waals surface area (Å²) >= 11 is 0. The van der Waals surface area contributed by atoms with E-state index in [1.54, 1.807) is 0 Å². The molecule has 0 bridgehead atoms. The van der Waals surface area contributed by atoms with Crippen molar-refractivity contribution in [1.82, 2.24) is 0 Å². The molecule has 152 valence electrons. The molecule has 0 aliphatic heterocycles. The van der Waals surface area contributed by atoms with E-state index < -0.39 is 8.32 Å². The summed E-state index contributed by atoms with van der Waals surface area (Å²) in [5.41, 5.74) is 0. The minimum Gasteiger partial charge on any atom is -0.417 e. The van der Waals surface area contributed by atoms with Crippen LogP contribution in [0.1, 0.15) is 123 Å². The first-order valence-electron chi connectivity index (χ1n) is 11.8. The molecule has 0 radical (unpaired) electrons. The van der Waals surface area contributed by atoms with Gasteiger partial charge in [-0.2, -0.15) is 0 Å². The molecule has 0 fully saturated rings. The normalized spacial score (nSPS) is 12.0. The Morgan fingerprint density at radius 1 is 0.480 bits per heavy atom. The minimum atomic E-state index is -1.33. The van der Waals surface area contributed by atoms with Crippen LogP contribution in [0.4, 0.5) is 0 Å². The van der Waals surface area contributed by atoms with Crippen molar-refractivity contribution < 1.29 is 4.43 Å². The first kappa shape index (κ1) is 25.2. The summed E-state index contributed by atoms with van der Waals surface area (Å²) in [6.07, 6.45) is 24.4. The maximum Gasteiger partial charge on any atom is 0.186 e. The Hall–Kier alpha value is 0.177. The number of unbranched alkanes of at least 4 members (excludes halogenated alkanes) is 15. The molecule has 0 aromatic heterocycles. The maximum atomic E-state index is 6.04. The van der Waals surface area contributed by atoms with Crippen LogP contribution in [0.15, 0.2) is 0 Å². The largest absolute Gasteiger partial charge is 0.417 e. The highest BCUT2D eigenvalue weighted by molar-refractivity contribution is 6.71. The van der Waals surface area contributed by atoms with Crippen LogP contribution in [0.2, 0.25) is 19.1 Å². The van der Waals surface area contributed by atoms with E-state index in [1.807, 2.05) is 0 Å². The van der Waals surface area contributed by atoms with Crippen molar-refractivity contribution in [3.63, 3.8) is 0 Å². The van der Waals surface area contributed by atoms with Crippen LogP contribution in [-0.2, 0) is 4.43 Å². The van der Waals surface area contributed by atoms with Gasteiger partial charge in [0.15, 0.2) is 8.32 Å². The van der Waals surface area contributed by atoms with Gasteiger partial charge < -0.3 is 4.43 Å². The van der Waals surface area contributed by atoms with E-state index >= 15 is 0 Å². The van der Waals surface area contributed by atoms with E-state index in [1.165, 1.54) is 109 Å². The second-order valence-electron chi connectivity index (χ2n) is 8.66. The fraction of sp³-hybridized carbons (Fsp3) is 1.00. The first-order chi connectivity index (χ1) is 12.1. The van der Waals surface area contributed by atoms with E-state index in [0.717, 1.165) is 13.0 Å². The van der Waals surface area contributed by atoms with Gasteiger partial charge in [-0.05, 0) is 25.6 Å². The molecule has 25 heavy (non-hydrogen) atoms. The smallest absolute Gasteiger partial charge is 0.186 e. The van der Waals surface area contributed by atoms with E-state index in [9.17, 15) is 0 Å². The van der Waals surface area contributed by atoms with E-state index in [2.05, 4.69) is 26.9 Å². The first-order valence-corrected chi connectivity index (χ1v) is 14.9. The highest BCUT2D eigenvalue weighted by Gasteiger charge is 2.20. The van der Waals surface area contributed by atoms with Crippen LogP contribution in [0, 0.1) is 0 Å². The van der Waals surface area contributed by atoms with Crippen LogP contribution in [0.3, 0.4) is 0 Å². The average molecular weight is 371 g/mol. The summed E-state index contributed by atoms with van der Waals surface area (Å²) in [6, 6.07) is 1.35. The van der Waals surface area contributed by atoms with Crippen LogP contribution in [0.5, 0.6) is 0 Å². The summed E-state index contributed by atoms with van der Waals surface area (Å²) in [6.45, 7) is 10.2. The summed E-state index contributed by atoms with van der Waals surface area (Å²) in [7, 11) is -1.33. The maximum absolute atomic E-state index is 6.04. The second kappa shape index (κ2) is 19.0. The Bertz CT molecular complexity index is 252. The molecule has 2 heteroatoms. The third kappa shape index (κ3) is 20.3. The number of hydrogen-bond acceptors (Lipinski definition) is 1. The van der Waals surface area contributed by atoms with Crippen LogP contribution < -0.4 is 0 Å². The van der Waals surface area contributed by atoms with Crippen molar-refractivity contribution in [3.05, 3.63) is 0 Å². The van der Waals surface area contributed by atoms with Crippen LogP contribution in [0.25, 0.3) is 0 Å². The van der Waals surface area contributed by atoms with Gasteiger partial charge >= 0.3 is 0 Å². The van der Waals surface area contributed by atoms with Gasteiger partial charge in [0.25, 0.3) is 0 Å². The molecule has 0 saturated heterocycles. The topological polar surface area (TPSA) is 9.23 Å². The van der Waals surface area contributed by atoms with Crippen molar-refractivity contribution in [2.24, 2.45) is 0 Å². The molecule has 0 aliphatic carbocycles. The lowest BCUT2D eigenvalue weighted by atomic mass is 10.0. The van der Waals surface area contributed by atoms with Gasteiger partial charge in [0, 0.05) is 6.61 Å². The van der Waals surface area contributed by atoms with E-state index in [0.29, 0.717) is 0 Å². The van der Waals surface area contributed by atoms with E-state index in [4.69, 9.17) is 4.43 Å². The fourth-order valence-corrected chi connectivity index (χ4v) is 5.55. The van der Waals surface area contributed by atoms with Gasteiger partial charge in [0.05, 0.1) is 0 Å². The van der Waals surface area contributed by atoms with Gasteiger partial charge in [-0.3, -0.25) is 0 Å². The lowest BCUT2D eigenvalue weighted by Crippen LogP contribution is -2.30. The van der Waals surface area contributed by atoms with Crippen molar-refractivity contribution in [3.8, 4) is 0 Å². The zero-order chi connectivity index (χ0) is 18.6. The summed E-state index contributed by atoms with van der Waals surface area (Å²) < 4.78 is 6.04. The minimum absolute atomic E-state index is 0.970. The Morgan fingerprint density at radius 3 is 1.20 bits per heavy atom. The highest BCUT2D eigenvalue weighted by atomic mass is 28.4. The fourth-order valence-electron chi connectivity index (χ4n) is 3.55. The van der Waals surface area contributed by atoms with Gasteiger partial charge in [-0.25, -0.2) is 0 Å². The van der Waals surface area contributed by atoms with Gasteiger partial charge in [-0.1, -0.05) is 117 Å². The number of rotatable bonds is 20. The highest BCUT2D eigenvalue weighted by Crippen LogP contribution is 2.18. The predicted octanol–water partition coefficient (Wildman–Crippen LogP) is 8.88. The van der Waals surface area contributed by atoms with Crippen molar-refractivity contribution in [2.75, 3.05) is 6.61 Å². The molecule has 0 aromatic carbocycles. The third-order valence-electron chi connectivity index (χ3n) is 5.33. The Kier molecular flexibility index (Phi) is 19.1. The molecular formula is C23H50OSi. The zero-order valence-corrected chi connectivity index (χ0v) is 19.3. The summed E-state index contributed by atoms with van der Waals surface area (Å²) in [5.74, 6) is 0. The molecule has 0 heterocycles. The zero-order valence-electron chi connectivity index (χ0n) is 18.3. The van der Waals surface area contributed by atoms with Crippen molar-refractivity contribution in [1.29, 1.82) is 0 Å². The Labute approximate surface area is 161 Å². The molecule has 1 nitrogen and oxygen atoms in total. The molecule has 0 rings (SSSR count). The van der Waals surface area contributed by atoms with Gasteiger partial charge in [0.2, 0.25) is 0 Å². The summed E-state index contributed by atoms with van der Waals surface area (Å²) in [4.78, 5) is 0. The Morgan fingerprint density at radius 2 is 0.840 bits per heavy atom. The van der Waals surface area contributed by atoms with Gasteiger partial charge in [-0.15, -0.1) is 0 Å². The monoisotopic (exact) mass is 370 g/mol. The van der Waals surface area contributed by atoms with Crippen molar-refractivity contribution in [2.45, 2.75) is 142 Å². The molecular weight excluding hydrogens is 320 g/mol. The SMILES string of the molecule is CCCCCCCCCCCCCCCCCC[Si](C)(C)OCCC. The predicted molar refractivity (Wildman–Crippen MR) is 118 cm³/mol. The molecule has 0 aliphatic rings. The van der Waals surface area contributed by atoms with Crippen molar-refractivity contribution >= 4 is 8.32 Å². The molecule has 0 N–H and O–H groups in total. The lowest BCUT2D eigenvalue weighted by molar-refractivity contribution is 0.305. The second-order valence-corrected chi connectivity index (χ2v) is 13.0. The van der Waals surface area contributed by atoms with E-state index in [-0.39, 0.29) is 0 Å².